The third-order valence-corrected chi connectivity index (χ3v) is 3.87. The normalized spacial score (nSPS) is 12.3. The van der Waals surface area contributed by atoms with Gasteiger partial charge in [-0.15, -0.1) is 16.4 Å². The summed E-state index contributed by atoms with van der Waals surface area (Å²) in [6, 6.07) is 3.97. The molecule has 2 rings (SSSR count). The first-order valence-electron chi connectivity index (χ1n) is 7.09. The molecule has 0 aliphatic rings. The van der Waals surface area contributed by atoms with Gasteiger partial charge in [-0.25, -0.2) is 0 Å². The largest absolute Gasteiger partial charge is 0.379 e. The Hall–Kier alpha value is -1.77. The smallest absolute Gasteiger partial charge is 0.255 e. The maximum atomic E-state index is 12.0. The monoisotopic (exact) mass is 324 g/mol. The van der Waals surface area contributed by atoms with Gasteiger partial charge in [0.1, 0.15) is 6.10 Å². The highest BCUT2D eigenvalue weighted by Crippen LogP contribution is 2.24. The van der Waals surface area contributed by atoms with Gasteiger partial charge in [0.2, 0.25) is 5.95 Å². The molecule has 1 atom stereocenters. The lowest BCUT2D eigenvalue weighted by molar-refractivity contribution is -0.127. The van der Waals surface area contributed by atoms with Crippen LogP contribution in [0.2, 0.25) is 0 Å². The SMILES string of the molecule is CCOCCO[C@H](C)C(=O)Nc1n[nH]c(-c2ccc(C)s2)n1. The predicted octanol–water partition coefficient (Wildman–Crippen LogP) is 2.22. The number of thiophene rings is 1. The molecule has 22 heavy (non-hydrogen) atoms. The minimum absolute atomic E-state index is 0.242. The molecule has 2 aromatic heterocycles. The maximum Gasteiger partial charge on any atom is 0.255 e. The number of hydrogen-bond acceptors (Lipinski definition) is 6. The van der Waals surface area contributed by atoms with Gasteiger partial charge in [0.05, 0.1) is 18.1 Å². The number of aryl methyl sites for hydroxylation is 1. The number of carbonyl (C=O) groups is 1. The number of amides is 1. The van der Waals surface area contributed by atoms with Crippen molar-refractivity contribution >= 4 is 23.2 Å². The summed E-state index contributed by atoms with van der Waals surface area (Å²) in [5.74, 6) is 0.592. The van der Waals surface area contributed by atoms with Crippen molar-refractivity contribution in [1.29, 1.82) is 0 Å². The van der Waals surface area contributed by atoms with Crippen molar-refractivity contribution in [3.8, 4) is 10.7 Å². The zero-order valence-electron chi connectivity index (χ0n) is 12.9. The standard InChI is InChI=1S/C14H20N4O3S/c1-4-20-7-8-21-10(3)13(19)16-14-15-12(17-18-14)11-6-5-9(2)22-11/h5-6,10H,4,7-8H2,1-3H3,(H2,15,16,17,18,19)/t10-/m1/s1. The molecule has 1 amide bonds. The summed E-state index contributed by atoms with van der Waals surface area (Å²) in [6.45, 7) is 7.08. The molecular formula is C14H20N4O3S. The van der Waals surface area contributed by atoms with Crippen molar-refractivity contribution in [3.63, 3.8) is 0 Å². The Kier molecular flexibility index (Phi) is 6.05. The van der Waals surface area contributed by atoms with Crippen molar-refractivity contribution < 1.29 is 14.3 Å². The molecule has 2 N–H and O–H groups in total. The van der Waals surface area contributed by atoms with Crippen LogP contribution >= 0.6 is 11.3 Å². The number of H-pyrrole nitrogens is 1. The van der Waals surface area contributed by atoms with Crippen LogP contribution in [0.5, 0.6) is 0 Å². The summed E-state index contributed by atoms with van der Waals surface area (Å²) >= 11 is 1.61. The van der Waals surface area contributed by atoms with Crippen LogP contribution < -0.4 is 5.32 Å². The van der Waals surface area contributed by atoms with Crippen molar-refractivity contribution in [2.45, 2.75) is 26.9 Å². The van der Waals surface area contributed by atoms with E-state index in [2.05, 4.69) is 20.5 Å². The molecule has 0 aliphatic carbocycles. The number of anilines is 1. The van der Waals surface area contributed by atoms with E-state index in [9.17, 15) is 4.79 Å². The lowest BCUT2D eigenvalue weighted by atomic mass is 10.4. The molecule has 120 valence electrons. The lowest BCUT2D eigenvalue weighted by Gasteiger charge is -2.11. The first-order valence-corrected chi connectivity index (χ1v) is 7.91. The highest BCUT2D eigenvalue weighted by Gasteiger charge is 2.16. The molecule has 0 radical (unpaired) electrons. The molecule has 0 unspecified atom stereocenters. The van der Waals surface area contributed by atoms with Crippen molar-refractivity contribution in [2.75, 3.05) is 25.1 Å². The topological polar surface area (TPSA) is 89.1 Å². The second kappa shape index (κ2) is 8.02. The molecular weight excluding hydrogens is 304 g/mol. The number of nitrogens with zero attached hydrogens (tertiary/aromatic N) is 2. The van der Waals surface area contributed by atoms with Crippen LogP contribution in [0.1, 0.15) is 18.7 Å². The first kappa shape index (κ1) is 16.6. The highest BCUT2D eigenvalue weighted by molar-refractivity contribution is 7.15. The first-order chi connectivity index (χ1) is 10.6. The zero-order valence-corrected chi connectivity index (χ0v) is 13.7. The molecule has 2 heterocycles. The molecule has 2 aromatic rings. The van der Waals surface area contributed by atoms with E-state index < -0.39 is 6.10 Å². The van der Waals surface area contributed by atoms with Crippen LogP contribution in [0, 0.1) is 6.92 Å². The molecule has 0 aromatic carbocycles. The second-order valence-corrected chi connectivity index (χ2v) is 5.91. The minimum Gasteiger partial charge on any atom is -0.379 e. The number of aromatic nitrogens is 3. The van der Waals surface area contributed by atoms with Gasteiger partial charge < -0.3 is 9.47 Å². The Morgan fingerprint density at radius 1 is 1.45 bits per heavy atom. The van der Waals surface area contributed by atoms with Gasteiger partial charge in [-0.1, -0.05) is 0 Å². The van der Waals surface area contributed by atoms with E-state index in [0.717, 1.165) is 4.88 Å². The molecule has 0 bridgehead atoms. The van der Waals surface area contributed by atoms with Gasteiger partial charge in [0, 0.05) is 11.5 Å². The Balaban J connectivity index is 1.85. The number of nitrogens with one attached hydrogen (secondary N) is 2. The van der Waals surface area contributed by atoms with Gasteiger partial charge in [-0.3, -0.25) is 15.2 Å². The summed E-state index contributed by atoms with van der Waals surface area (Å²) in [6.07, 6.45) is -0.591. The number of rotatable bonds is 8. The Morgan fingerprint density at radius 2 is 2.27 bits per heavy atom. The summed E-state index contributed by atoms with van der Waals surface area (Å²) in [5, 5.41) is 9.43. The predicted molar refractivity (Wildman–Crippen MR) is 85.0 cm³/mol. The van der Waals surface area contributed by atoms with Gasteiger partial charge in [0.25, 0.3) is 5.91 Å². The quantitative estimate of drug-likeness (QED) is 0.727. The van der Waals surface area contributed by atoms with Crippen molar-refractivity contribution in [1.82, 2.24) is 15.2 Å². The summed E-state index contributed by atoms with van der Waals surface area (Å²) < 4.78 is 10.5. The average Bonchev–Trinajstić information content (AvgIpc) is 3.12. The van der Waals surface area contributed by atoms with E-state index in [4.69, 9.17) is 9.47 Å². The second-order valence-electron chi connectivity index (χ2n) is 4.62. The average molecular weight is 324 g/mol. The molecule has 8 heteroatoms. The van der Waals surface area contributed by atoms with Gasteiger partial charge >= 0.3 is 0 Å². The number of aromatic amines is 1. The van der Waals surface area contributed by atoms with Crippen molar-refractivity contribution in [3.05, 3.63) is 17.0 Å². The van der Waals surface area contributed by atoms with Gasteiger partial charge in [0.15, 0.2) is 5.82 Å². The van der Waals surface area contributed by atoms with E-state index >= 15 is 0 Å². The third-order valence-electron chi connectivity index (χ3n) is 2.86. The van der Waals surface area contributed by atoms with Crippen LogP contribution in [-0.4, -0.2) is 47.0 Å². The summed E-state index contributed by atoms with van der Waals surface area (Å²) in [7, 11) is 0. The molecule has 0 saturated heterocycles. The van der Waals surface area contributed by atoms with E-state index in [1.165, 1.54) is 4.88 Å². The van der Waals surface area contributed by atoms with Crippen LogP contribution in [0.15, 0.2) is 12.1 Å². The van der Waals surface area contributed by atoms with Crippen LogP contribution in [-0.2, 0) is 14.3 Å². The third kappa shape index (κ3) is 4.62. The van der Waals surface area contributed by atoms with Crippen LogP contribution in [0.25, 0.3) is 10.7 Å². The van der Waals surface area contributed by atoms with E-state index in [1.807, 2.05) is 26.0 Å². The van der Waals surface area contributed by atoms with Gasteiger partial charge in [-0.2, -0.15) is 4.98 Å². The number of ether oxygens (including phenoxy) is 2. The maximum absolute atomic E-state index is 12.0. The fourth-order valence-corrected chi connectivity index (χ4v) is 2.51. The fraction of sp³-hybridized carbons (Fsp3) is 0.500. The highest BCUT2D eigenvalue weighted by atomic mass is 32.1. The Morgan fingerprint density at radius 3 is 2.95 bits per heavy atom. The van der Waals surface area contributed by atoms with Crippen molar-refractivity contribution in [2.24, 2.45) is 0 Å². The molecule has 7 nitrogen and oxygen atoms in total. The lowest BCUT2D eigenvalue weighted by Crippen LogP contribution is -2.29. The van der Waals surface area contributed by atoms with E-state index in [1.54, 1.807) is 18.3 Å². The fourth-order valence-electron chi connectivity index (χ4n) is 1.71. The number of hydrogen-bond donors (Lipinski definition) is 2. The Bertz CT molecular complexity index is 611. The van der Waals surface area contributed by atoms with Gasteiger partial charge in [-0.05, 0) is 32.9 Å². The zero-order chi connectivity index (χ0) is 15.9. The Labute approximate surface area is 133 Å². The summed E-state index contributed by atoms with van der Waals surface area (Å²) in [5.41, 5.74) is 0. The van der Waals surface area contributed by atoms with E-state index in [0.29, 0.717) is 25.6 Å². The molecule has 0 saturated carbocycles. The summed E-state index contributed by atoms with van der Waals surface area (Å²) in [4.78, 5) is 18.4. The number of carbonyl (C=O) groups excluding carboxylic acids is 1. The molecule has 0 fully saturated rings. The van der Waals surface area contributed by atoms with Crippen LogP contribution in [0.4, 0.5) is 5.95 Å². The minimum atomic E-state index is -0.591. The molecule has 0 aliphatic heterocycles. The molecule has 0 spiro atoms. The van der Waals surface area contributed by atoms with Crippen LogP contribution in [0.3, 0.4) is 0 Å². The van der Waals surface area contributed by atoms with E-state index in [-0.39, 0.29) is 11.9 Å².